The Morgan fingerprint density at radius 2 is 1.84 bits per heavy atom. The van der Waals surface area contributed by atoms with E-state index in [0.29, 0.717) is 6.42 Å². The zero-order valence-corrected chi connectivity index (χ0v) is 11.6. The lowest BCUT2D eigenvalue weighted by Gasteiger charge is -2.04. The molecule has 0 saturated heterocycles. The molecule has 0 fully saturated rings. The van der Waals surface area contributed by atoms with E-state index in [0.717, 1.165) is 5.56 Å². The van der Waals surface area contributed by atoms with Gasteiger partial charge in [0.1, 0.15) is 0 Å². The molecule has 0 atom stereocenters. The van der Waals surface area contributed by atoms with Gasteiger partial charge < -0.3 is 5.11 Å². The van der Waals surface area contributed by atoms with Crippen molar-refractivity contribution in [2.75, 3.05) is 5.75 Å². The van der Waals surface area contributed by atoms with Crippen LogP contribution >= 0.6 is 11.3 Å². The number of hydrogen-bond donors (Lipinski definition) is 1. The zero-order valence-electron chi connectivity index (χ0n) is 9.94. The van der Waals surface area contributed by atoms with Crippen molar-refractivity contribution in [2.45, 2.75) is 11.3 Å². The van der Waals surface area contributed by atoms with E-state index in [2.05, 4.69) is 0 Å². The molecule has 1 aromatic carbocycles. The van der Waals surface area contributed by atoms with Crippen LogP contribution in [0.3, 0.4) is 0 Å². The number of aryl methyl sites for hydroxylation is 1. The third kappa shape index (κ3) is 3.42. The molecule has 0 bridgehead atoms. The first-order valence-corrected chi connectivity index (χ1v) is 8.16. The molecule has 2 aromatic rings. The average Bonchev–Trinajstić information content (AvgIpc) is 2.90. The summed E-state index contributed by atoms with van der Waals surface area (Å²) in [7, 11) is -3.37. The SMILES string of the molecule is O=C(O)c1ccc(S(=O)(=O)CCc2ccsc2)cc1. The van der Waals surface area contributed by atoms with Crippen LogP contribution in [-0.4, -0.2) is 25.2 Å². The van der Waals surface area contributed by atoms with Crippen molar-refractivity contribution in [3.8, 4) is 0 Å². The standard InChI is InChI=1S/C13H12O4S2/c14-13(15)11-1-3-12(4-2-11)19(16,17)8-6-10-5-7-18-9-10/h1-5,7,9H,6,8H2,(H,14,15). The zero-order chi connectivity index (χ0) is 13.9. The fourth-order valence-electron chi connectivity index (χ4n) is 1.61. The summed E-state index contributed by atoms with van der Waals surface area (Å²) in [5, 5.41) is 12.6. The Kier molecular flexibility index (Phi) is 4.01. The van der Waals surface area contributed by atoms with Gasteiger partial charge in [-0.2, -0.15) is 11.3 Å². The second-order valence-corrected chi connectivity index (χ2v) is 6.92. The minimum absolute atomic E-state index is 0.0240. The predicted molar refractivity (Wildman–Crippen MR) is 73.5 cm³/mol. The molecule has 0 saturated carbocycles. The predicted octanol–water partition coefficient (Wildman–Crippen LogP) is 2.46. The van der Waals surface area contributed by atoms with E-state index < -0.39 is 15.8 Å². The van der Waals surface area contributed by atoms with Crippen LogP contribution in [0.1, 0.15) is 15.9 Å². The quantitative estimate of drug-likeness (QED) is 0.920. The maximum atomic E-state index is 12.1. The Balaban J connectivity index is 2.13. The highest BCUT2D eigenvalue weighted by Crippen LogP contribution is 2.15. The van der Waals surface area contributed by atoms with Crippen LogP contribution in [0.15, 0.2) is 46.0 Å². The molecule has 0 unspecified atom stereocenters. The molecule has 0 aliphatic rings. The Labute approximate surface area is 115 Å². The van der Waals surface area contributed by atoms with Crippen molar-refractivity contribution >= 4 is 27.1 Å². The van der Waals surface area contributed by atoms with Gasteiger partial charge in [0.2, 0.25) is 0 Å². The molecule has 0 aliphatic carbocycles. The van der Waals surface area contributed by atoms with Crippen molar-refractivity contribution in [2.24, 2.45) is 0 Å². The van der Waals surface area contributed by atoms with Gasteiger partial charge in [0.05, 0.1) is 16.2 Å². The van der Waals surface area contributed by atoms with Crippen LogP contribution in [0.2, 0.25) is 0 Å². The van der Waals surface area contributed by atoms with Crippen LogP contribution in [0.4, 0.5) is 0 Å². The summed E-state index contributed by atoms with van der Waals surface area (Å²) < 4.78 is 24.1. The maximum absolute atomic E-state index is 12.1. The minimum Gasteiger partial charge on any atom is -0.478 e. The molecule has 6 heteroatoms. The van der Waals surface area contributed by atoms with Gasteiger partial charge in [-0.3, -0.25) is 0 Å². The van der Waals surface area contributed by atoms with E-state index in [1.54, 1.807) is 0 Å². The van der Waals surface area contributed by atoms with E-state index >= 15 is 0 Å². The highest BCUT2D eigenvalue weighted by molar-refractivity contribution is 7.91. The molecule has 4 nitrogen and oxygen atoms in total. The number of carbonyl (C=O) groups is 1. The van der Waals surface area contributed by atoms with Gasteiger partial charge >= 0.3 is 5.97 Å². The molecular formula is C13H12O4S2. The molecule has 0 amide bonds. The van der Waals surface area contributed by atoms with Crippen LogP contribution in [0.25, 0.3) is 0 Å². The van der Waals surface area contributed by atoms with Gasteiger partial charge in [0, 0.05) is 0 Å². The van der Waals surface area contributed by atoms with Crippen LogP contribution in [0, 0.1) is 0 Å². The molecule has 2 rings (SSSR count). The first-order chi connectivity index (χ1) is 8.99. The molecule has 100 valence electrons. The lowest BCUT2D eigenvalue weighted by Crippen LogP contribution is -2.09. The first-order valence-electron chi connectivity index (χ1n) is 5.56. The molecule has 1 heterocycles. The third-order valence-corrected chi connectivity index (χ3v) is 5.16. The van der Waals surface area contributed by atoms with Crippen LogP contribution < -0.4 is 0 Å². The minimum atomic E-state index is -3.37. The molecule has 1 N–H and O–H groups in total. The third-order valence-electron chi connectivity index (χ3n) is 2.70. The summed E-state index contributed by atoms with van der Waals surface area (Å²) in [5.41, 5.74) is 1.08. The Bertz CT molecular complexity index is 655. The number of thiophene rings is 1. The lowest BCUT2D eigenvalue weighted by molar-refractivity contribution is 0.0697. The Hall–Kier alpha value is -1.66. The molecule has 0 spiro atoms. The smallest absolute Gasteiger partial charge is 0.335 e. The van der Waals surface area contributed by atoms with Gasteiger partial charge in [0.15, 0.2) is 9.84 Å². The van der Waals surface area contributed by atoms with Gasteiger partial charge in [-0.05, 0) is 53.1 Å². The second-order valence-electron chi connectivity index (χ2n) is 4.03. The average molecular weight is 296 g/mol. The van der Waals surface area contributed by atoms with Crippen molar-refractivity contribution < 1.29 is 18.3 Å². The van der Waals surface area contributed by atoms with E-state index in [4.69, 9.17) is 5.11 Å². The van der Waals surface area contributed by atoms with Crippen molar-refractivity contribution in [1.82, 2.24) is 0 Å². The summed E-state index contributed by atoms with van der Waals surface area (Å²) in [5.74, 6) is -1.04. The second kappa shape index (κ2) is 5.54. The highest BCUT2D eigenvalue weighted by atomic mass is 32.2. The number of benzene rings is 1. The van der Waals surface area contributed by atoms with Gasteiger partial charge in [-0.25, -0.2) is 13.2 Å². The summed E-state index contributed by atoms with van der Waals surface area (Å²) in [6.07, 6.45) is 0.465. The van der Waals surface area contributed by atoms with Crippen molar-refractivity contribution in [3.05, 3.63) is 52.2 Å². The van der Waals surface area contributed by atoms with Crippen LogP contribution in [-0.2, 0) is 16.3 Å². The summed E-state index contributed by atoms with van der Waals surface area (Å²) in [6, 6.07) is 7.19. The Morgan fingerprint density at radius 1 is 1.16 bits per heavy atom. The molecule has 19 heavy (non-hydrogen) atoms. The topological polar surface area (TPSA) is 71.4 Å². The van der Waals surface area contributed by atoms with Gasteiger partial charge in [-0.1, -0.05) is 0 Å². The molecule has 0 aliphatic heterocycles. The van der Waals surface area contributed by atoms with Gasteiger partial charge in [0.25, 0.3) is 0 Å². The van der Waals surface area contributed by atoms with E-state index in [1.807, 2.05) is 16.8 Å². The summed E-state index contributed by atoms with van der Waals surface area (Å²) in [6.45, 7) is 0. The monoisotopic (exact) mass is 296 g/mol. The number of sulfone groups is 1. The number of hydrogen-bond acceptors (Lipinski definition) is 4. The number of carboxylic acid groups (broad SMARTS) is 1. The van der Waals surface area contributed by atoms with Crippen molar-refractivity contribution in [1.29, 1.82) is 0 Å². The first kappa shape index (κ1) is 13.8. The lowest BCUT2D eigenvalue weighted by atomic mass is 10.2. The van der Waals surface area contributed by atoms with E-state index in [9.17, 15) is 13.2 Å². The largest absolute Gasteiger partial charge is 0.478 e. The summed E-state index contributed by atoms with van der Waals surface area (Å²) in [4.78, 5) is 10.9. The van der Waals surface area contributed by atoms with E-state index in [-0.39, 0.29) is 16.2 Å². The fraction of sp³-hybridized carbons (Fsp3) is 0.154. The number of rotatable bonds is 5. The molecular weight excluding hydrogens is 284 g/mol. The van der Waals surface area contributed by atoms with Gasteiger partial charge in [-0.15, -0.1) is 0 Å². The normalized spacial score (nSPS) is 11.4. The maximum Gasteiger partial charge on any atom is 0.335 e. The fourth-order valence-corrected chi connectivity index (χ4v) is 3.60. The Morgan fingerprint density at radius 3 is 2.37 bits per heavy atom. The summed E-state index contributed by atoms with van der Waals surface area (Å²) >= 11 is 1.53. The van der Waals surface area contributed by atoms with Crippen molar-refractivity contribution in [3.63, 3.8) is 0 Å². The molecule has 1 aromatic heterocycles. The molecule has 0 radical (unpaired) electrons. The highest BCUT2D eigenvalue weighted by Gasteiger charge is 2.15. The van der Waals surface area contributed by atoms with Crippen LogP contribution in [0.5, 0.6) is 0 Å². The van der Waals surface area contributed by atoms with E-state index in [1.165, 1.54) is 35.6 Å². The number of carboxylic acids is 1. The number of aromatic carboxylic acids is 1.